The van der Waals surface area contributed by atoms with E-state index in [1.54, 1.807) is 11.3 Å². The van der Waals surface area contributed by atoms with Crippen molar-refractivity contribution >= 4 is 22.9 Å². The maximum atomic E-state index is 11.6. The van der Waals surface area contributed by atoms with Crippen molar-refractivity contribution < 1.29 is 9.53 Å². The van der Waals surface area contributed by atoms with Crippen LogP contribution < -0.4 is 0 Å². The topological polar surface area (TPSA) is 26.3 Å². The number of thiophene rings is 1. The molecule has 0 saturated heterocycles. The highest BCUT2D eigenvalue weighted by Crippen LogP contribution is 2.62. The molecule has 0 radical (unpaired) electrons. The van der Waals surface area contributed by atoms with E-state index in [1.807, 2.05) is 0 Å². The average Bonchev–Trinajstić information content (AvgIpc) is 2.92. The largest absolute Gasteiger partial charge is 0.469 e. The van der Waals surface area contributed by atoms with E-state index in [2.05, 4.69) is 23.6 Å². The Bertz CT molecular complexity index is 455. The third kappa shape index (κ3) is 1.82. The van der Waals surface area contributed by atoms with Crippen molar-refractivity contribution in [2.75, 3.05) is 7.11 Å². The van der Waals surface area contributed by atoms with Gasteiger partial charge in [-0.1, -0.05) is 12.1 Å². The molecular formula is C14H16O2S. The predicted molar refractivity (Wildman–Crippen MR) is 68.7 cm³/mol. The molecule has 1 heterocycles. The van der Waals surface area contributed by atoms with Crippen LogP contribution in [0.5, 0.6) is 0 Å². The minimum Gasteiger partial charge on any atom is -0.469 e. The van der Waals surface area contributed by atoms with Crippen LogP contribution in [-0.4, -0.2) is 13.1 Å². The number of carbonyl (C=O) groups excluding carboxylic acids is 1. The number of allylic oxidation sites excluding steroid dienone is 2. The number of hydrogen-bond acceptors (Lipinski definition) is 3. The van der Waals surface area contributed by atoms with Gasteiger partial charge in [0.1, 0.15) is 0 Å². The summed E-state index contributed by atoms with van der Waals surface area (Å²) in [5, 5.41) is 2.12. The Hall–Kier alpha value is -1.09. The van der Waals surface area contributed by atoms with Gasteiger partial charge in [0.2, 0.25) is 0 Å². The first-order chi connectivity index (χ1) is 8.25. The molecule has 1 atom stereocenters. The van der Waals surface area contributed by atoms with E-state index in [4.69, 9.17) is 4.74 Å². The molecule has 17 heavy (non-hydrogen) atoms. The van der Waals surface area contributed by atoms with E-state index < -0.39 is 0 Å². The van der Waals surface area contributed by atoms with E-state index in [0.717, 1.165) is 12.8 Å². The first-order valence-electron chi connectivity index (χ1n) is 6.07. The molecule has 1 unspecified atom stereocenters. The predicted octanol–water partition coefficient (Wildman–Crippen LogP) is 3.49. The number of ether oxygens (including phenoxy) is 1. The average molecular weight is 248 g/mol. The molecule has 1 spiro atoms. The molecule has 0 aliphatic heterocycles. The number of methoxy groups -OCH3 is 1. The zero-order valence-electron chi connectivity index (χ0n) is 9.94. The van der Waals surface area contributed by atoms with Crippen LogP contribution in [0.25, 0.3) is 5.57 Å². The smallest absolute Gasteiger partial charge is 0.308 e. The Kier molecular flexibility index (Phi) is 2.58. The Morgan fingerprint density at radius 3 is 2.94 bits per heavy atom. The van der Waals surface area contributed by atoms with Crippen molar-refractivity contribution in [3.05, 3.63) is 28.5 Å². The molecule has 2 nitrogen and oxygen atoms in total. The molecule has 2 aliphatic rings. The van der Waals surface area contributed by atoms with Crippen LogP contribution in [-0.2, 0) is 9.53 Å². The van der Waals surface area contributed by atoms with Crippen LogP contribution in [0.3, 0.4) is 0 Å². The first kappa shape index (κ1) is 11.0. The lowest BCUT2D eigenvalue weighted by atomic mass is 9.78. The Morgan fingerprint density at radius 1 is 1.53 bits per heavy atom. The second-order valence-electron chi connectivity index (χ2n) is 5.04. The summed E-state index contributed by atoms with van der Waals surface area (Å²) in [6, 6.07) is 4.29. The Balaban J connectivity index is 1.88. The van der Waals surface area contributed by atoms with Crippen LogP contribution in [0.15, 0.2) is 23.6 Å². The number of esters is 1. The molecule has 0 aromatic carbocycles. The van der Waals surface area contributed by atoms with E-state index in [1.165, 1.54) is 30.4 Å². The molecule has 2 aliphatic carbocycles. The van der Waals surface area contributed by atoms with Gasteiger partial charge in [-0.15, -0.1) is 11.3 Å². The Morgan fingerprint density at radius 2 is 2.35 bits per heavy atom. The van der Waals surface area contributed by atoms with Crippen LogP contribution in [0.1, 0.15) is 30.6 Å². The van der Waals surface area contributed by atoms with Gasteiger partial charge in [-0.2, -0.15) is 0 Å². The minimum atomic E-state index is -0.0437. The number of rotatable bonds is 2. The third-order valence-electron chi connectivity index (χ3n) is 3.99. The minimum absolute atomic E-state index is 0.0437. The summed E-state index contributed by atoms with van der Waals surface area (Å²) in [7, 11) is 1.49. The summed E-state index contributed by atoms with van der Waals surface area (Å²) in [6.45, 7) is 0. The van der Waals surface area contributed by atoms with Gasteiger partial charge in [0.05, 0.1) is 13.0 Å². The van der Waals surface area contributed by atoms with Crippen LogP contribution in [0, 0.1) is 11.3 Å². The van der Waals surface area contributed by atoms with Crippen LogP contribution >= 0.6 is 11.3 Å². The maximum absolute atomic E-state index is 11.6. The van der Waals surface area contributed by atoms with Crippen molar-refractivity contribution in [3.63, 3.8) is 0 Å². The van der Waals surface area contributed by atoms with Gasteiger partial charge in [-0.25, -0.2) is 0 Å². The molecule has 1 saturated carbocycles. The molecule has 90 valence electrons. The van der Waals surface area contributed by atoms with Gasteiger partial charge in [-0.3, -0.25) is 4.79 Å². The van der Waals surface area contributed by atoms with Crippen LogP contribution in [0.2, 0.25) is 0 Å². The SMILES string of the molecule is COC(=O)C1CC=C(c2cccs2)C2(CC2)C1. The Labute approximate surface area is 105 Å². The molecule has 0 N–H and O–H groups in total. The zero-order chi connectivity index (χ0) is 11.9. The van der Waals surface area contributed by atoms with Gasteiger partial charge in [0.15, 0.2) is 0 Å². The van der Waals surface area contributed by atoms with Gasteiger partial charge < -0.3 is 4.74 Å². The lowest BCUT2D eigenvalue weighted by molar-refractivity contribution is -0.146. The van der Waals surface area contributed by atoms with E-state index in [0.29, 0.717) is 5.41 Å². The molecule has 1 aromatic heterocycles. The summed E-state index contributed by atoms with van der Waals surface area (Å²) in [4.78, 5) is 13.0. The number of hydrogen-bond donors (Lipinski definition) is 0. The lowest BCUT2D eigenvalue weighted by Gasteiger charge is -2.28. The van der Waals surface area contributed by atoms with Gasteiger partial charge in [0, 0.05) is 4.88 Å². The molecule has 1 aromatic rings. The van der Waals surface area contributed by atoms with E-state index in [-0.39, 0.29) is 11.9 Å². The van der Waals surface area contributed by atoms with Gasteiger partial charge in [-0.05, 0) is 48.1 Å². The molecule has 0 bridgehead atoms. The van der Waals surface area contributed by atoms with Gasteiger partial charge >= 0.3 is 5.97 Å². The summed E-state index contributed by atoms with van der Waals surface area (Å²) in [5.41, 5.74) is 1.77. The highest BCUT2D eigenvalue weighted by Gasteiger charge is 2.50. The van der Waals surface area contributed by atoms with E-state index in [9.17, 15) is 4.79 Å². The van der Waals surface area contributed by atoms with Crippen molar-refractivity contribution in [1.29, 1.82) is 0 Å². The fraction of sp³-hybridized carbons (Fsp3) is 0.500. The second kappa shape index (κ2) is 3.98. The van der Waals surface area contributed by atoms with E-state index >= 15 is 0 Å². The highest BCUT2D eigenvalue weighted by atomic mass is 32.1. The molecule has 0 amide bonds. The van der Waals surface area contributed by atoms with Crippen molar-refractivity contribution in [2.45, 2.75) is 25.7 Å². The summed E-state index contributed by atoms with van der Waals surface area (Å²) >= 11 is 1.80. The molecular weight excluding hydrogens is 232 g/mol. The molecule has 3 rings (SSSR count). The summed E-state index contributed by atoms with van der Waals surface area (Å²) in [6.07, 6.45) is 6.53. The monoisotopic (exact) mass is 248 g/mol. The first-order valence-corrected chi connectivity index (χ1v) is 6.95. The van der Waals surface area contributed by atoms with Crippen molar-refractivity contribution in [1.82, 2.24) is 0 Å². The molecule has 1 fully saturated rings. The quantitative estimate of drug-likeness (QED) is 0.749. The van der Waals surface area contributed by atoms with Crippen molar-refractivity contribution in [2.24, 2.45) is 11.3 Å². The second-order valence-corrected chi connectivity index (χ2v) is 5.98. The fourth-order valence-corrected chi connectivity index (χ4v) is 3.79. The molecule has 3 heteroatoms. The normalized spacial score (nSPS) is 25.5. The standard InChI is InChI=1S/C14H16O2S/c1-16-13(15)10-4-5-11(12-3-2-8-17-12)14(9-10)6-7-14/h2-3,5,8,10H,4,6-7,9H2,1H3. The summed E-state index contributed by atoms with van der Waals surface area (Å²) in [5.74, 6) is 0.0315. The lowest BCUT2D eigenvalue weighted by Crippen LogP contribution is -2.24. The van der Waals surface area contributed by atoms with Crippen LogP contribution in [0.4, 0.5) is 0 Å². The highest BCUT2D eigenvalue weighted by molar-refractivity contribution is 7.11. The van der Waals surface area contributed by atoms with Crippen molar-refractivity contribution in [3.8, 4) is 0 Å². The maximum Gasteiger partial charge on any atom is 0.308 e. The fourth-order valence-electron chi connectivity index (χ4n) is 2.91. The van der Waals surface area contributed by atoms with Gasteiger partial charge in [0.25, 0.3) is 0 Å². The third-order valence-corrected chi connectivity index (χ3v) is 4.89. The summed E-state index contributed by atoms with van der Waals surface area (Å²) < 4.78 is 4.87. The zero-order valence-corrected chi connectivity index (χ0v) is 10.8. The number of carbonyl (C=O) groups is 1.